The van der Waals surface area contributed by atoms with Crippen molar-refractivity contribution < 1.29 is 19.1 Å². The Kier molecular flexibility index (Phi) is 6.66. The molecule has 0 fully saturated rings. The van der Waals surface area contributed by atoms with Crippen molar-refractivity contribution in [3.05, 3.63) is 54.5 Å². The third kappa shape index (κ3) is 5.88. The van der Waals surface area contributed by atoms with E-state index in [1.165, 1.54) is 0 Å². The summed E-state index contributed by atoms with van der Waals surface area (Å²) in [6.07, 6.45) is 3.20. The van der Waals surface area contributed by atoms with Crippen LogP contribution in [0.4, 0.5) is 0 Å². The fourth-order valence-electron chi connectivity index (χ4n) is 2.78. The minimum atomic E-state index is -0.548. The van der Waals surface area contributed by atoms with Crippen LogP contribution in [0.3, 0.4) is 0 Å². The van der Waals surface area contributed by atoms with E-state index in [2.05, 4.69) is 9.97 Å². The second kappa shape index (κ2) is 9.19. The average molecular weight is 413 g/mol. The van der Waals surface area contributed by atoms with Gasteiger partial charge in [-0.3, -0.25) is 4.79 Å². The molecule has 2 heterocycles. The summed E-state index contributed by atoms with van der Waals surface area (Å²) in [5.74, 6) is -0.414. The molecular weight excluding hydrogens is 390 g/mol. The van der Waals surface area contributed by atoms with Gasteiger partial charge in [0.05, 0.1) is 12.3 Å². The topological polar surface area (TPSA) is 83.3 Å². The van der Waals surface area contributed by atoms with E-state index in [1.54, 1.807) is 18.5 Å². The van der Waals surface area contributed by atoms with Crippen LogP contribution in [0.15, 0.2) is 53.9 Å². The lowest BCUT2D eigenvalue weighted by atomic mass is 10.2. The first-order chi connectivity index (χ1) is 13.8. The maximum Gasteiger partial charge on any atom is 0.332 e. The third-order valence-electron chi connectivity index (χ3n) is 3.84. The Morgan fingerprint density at radius 2 is 1.83 bits per heavy atom. The molecule has 8 heteroatoms. The van der Waals surface area contributed by atoms with Crippen LogP contribution in [0.25, 0.3) is 10.9 Å². The highest BCUT2D eigenvalue weighted by Crippen LogP contribution is 2.25. The van der Waals surface area contributed by atoms with Crippen LogP contribution in [-0.4, -0.2) is 44.4 Å². The summed E-state index contributed by atoms with van der Waals surface area (Å²) < 4.78 is 12.6. The van der Waals surface area contributed by atoms with E-state index >= 15 is 0 Å². The SMILES string of the molecule is CC(C)(C)OC(=O)COCCn1c(C(=O)Sc2ncccn2)cc2ccccc21. The largest absolute Gasteiger partial charge is 0.458 e. The highest BCUT2D eigenvalue weighted by atomic mass is 32.2. The molecule has 3 aromatic rings. The predicted molar refractivity (Wildman–Crippen MR) is 111 cm³/mol. The van der Waals surface area contributed by atoms with Crippen molar-refractivity contribution >= 4 is 33.7 Å². The van der Waals surface area contributed by atoms with E-state index in [-0.39, 0.29) is 18.3 Å². The molecule has 1 aromatic carbocycles. The fraction of sp³-hybridized carbons (Fsp3) is 0.333. The molecule has 2 aromatic heterocycles. The summed E-state index contributed by atoms with van der Waals surface area (Å²) in [7, 11) is 0. The van der Waals surface area contributed by atoms with Gasteiger partial charge in [0.25, 0.3) is 0 Å². The van der Waals surface area contributed by atoms with Gasteiger partial charge in [-0.15, -0.1) is 0 Å². The molecule has 152 valence electrons. The number of ether oxygens (including phenoxy) is 2. The number of rotatable bonds is 7. The Morgan fingerprint density at radius 1 is 1.10 bits per heavy atom. The number of hydrogen-bond acceptors (Lipinski definition) is 7. The predicted octanol–water partition coefficient (Wildman–Crippen LogP) is 3.72. The molecule has 7 nitrogen and oxygen atoms in total. The molecule has 0 saturated carbocycles. The van der Waals surface area contributed by atoms with Crippen molar-refractivity contribution in [2.24, 2.45) is 0 Å². The quantitative estimate of drug-likeness (QED) is 0.253. The first-order valence-corrected chi connectivity index (χ1v) is 10.0. The van der Waals surface area contributed by atoms with Gasteiger partial charge in [-0.1, -0.05) is 18.2 Å². The highest BCUT2D eigenvalue weighted by molar-refractivity contribution is 8.14. The first-order valence-electron chi connectivity index (χ1n) is 9.20. The fourth-order valence-corrected chi connectivity index (χ4v) is 3.44. The molecule has 0 aliphatic rings. The molecule has 0 N–H and O–H groups in total. The summed E-state index contributed by atoms with van der Waals surface area (Å²) in [6.45, 7) is 5.99. The number of para-hydroxylation sites is 1. The van der Waals surface area contributed by atoms with E-state index in [0.717, 1.165) is 22.7 Å². The molecule has 0 radical (unpaired) electrons. The minimum absolute atomic E-state index is 0.133. The van der Waals surface area contributed by atoms with Gasteiger partial charge in [0.2, 0.25) is 5.12 Å². The van der Waals surface area contributed by atoms with Crippen LogP contribution in [0.2, 0.25) is 0 Å². The molecular formula is C21H23N3O4S. The standard InChI is InChI=1S/C21H23N3O4S/c1-21(2,3)28-18(25)14-27-12-11-24-16-8-5-4-7-15(16)13-17(24)19(26)29-20-22-9-6-10-23-20/h4-10,13H,11-12,14H2,1-3H3. The Bertz CT molecular complexity index is 996. The van der Waals surface area contributed by atoms with E-state index in [4.69, 9.17) is 9.47 Å². The summed E-state index contributed by atoms with van der Waals surface area (Å²) in [6, 6.07) is 11.3. The van der Waals surface area contributed by atoms with Crippen LogP contribution >= 0.6 is 11.8 Å². The van der Waals surface area contributed by atoms with Crippen LogP contribution in [0.1, 0.15) is 31.3 Å². The van der Waals surface area contributed by atoms with Gasteiger partial charge in [-0.05, 0) is 50.7 Å². The zero-order chi connectivity index (χ0) is 20.9. The van der Waals surface area contributed by atoms with E-state index in [9.17, 15) is 9.59 Å². The lowest BCUT2D eigenvalue weighted by molar-refractivity contribution is -0.160. The number of carbonyl (C=O) groups is 2. The molecule has 0 spiro atoms. The lowest BCUT2D eigenvalue weighted by Crippen LogP contribution is -2.27. The van der Waals surface area contributed by atoms with Crippen LogP contribution in [-0.2, 0) is 20.8 Å². The average Bonchev–Trinajstić information content (AvgIpc) is 3.03. The second-order valence-electron chi connectivity index (χ2n) is 7.30. The van der Waals surface area contributed by atoms with Gasteiger partial charge >= 0.3 is 5.97 Å². The molecule has 29 heavy (non-hydrogen) atoms. The van der Waals surface area contributed by atoms with E-state index in [1.807, 2.05) is 55.7 Å². The van der Waals surface area contributed by atoms with Crippen molar-refractivity contribution in [1.82, 2.24) is 14.5 Å². The normalized spacial score (nSPS) is 11.6. The van der Waals surface area contributed by atoms with E-state index in [0.29, 0.717) is 17.4 Å². The number of nitrogens with zero attached hydrogens (tertiary/aromatic N) is 3. The summed E-state index contributed by atoms with van der Waals surface area (Å²) in [5, 5.41) is 1.20. The molecule has 0 atom stereocenters. The van der Waals surface area contributed by atoms with Gasteiger partial charge < -0.3 is 14.0 Å². The van der Waals surface area contributed by atoms with Crippen LogP contribution in [0.5, 0.6) is 0 Å². The summed E-state index contributed by atoms with van der Waals surface area (Å²) in [5.41, 5.74) is 0.906. The summed E-state index contributed by atoms with van der Waals surface area (Å²) in [4.78, 5) is 32.8. The van der Waals surface area contributed by atoms with Crippen molar-refractivity contribution in [1.29, 1.82) is 0 Å². The molecule has 0 saturated heterocycles. The number of aromatic nitrogens is 3. The second-order valence-corrected chi connectivity index (χ2v) is 8.24. The van der Waals surface area contributed by atoms with Gasteiger partial charge in [0.1, 0.15) is 12.2 Å². The molecule has 0 aliphatic carbocycles. The molecule has 3 rings (SSSR count). The molecule has 0 amide bonds. The third-order valence-corrected chi connectivity index (χ3v) is 4.63. The van der Waals surface area contributed by atoms with Gasteiger partial charge in [0.15, 0.2) is 5.16 Å². The summed E-state index contributed by atoms with van der Waals surface area (Å²) >= 11 is 0.980. The van der Waals surface area contributed by atoms with Gasteiger partial charge in [-0.2, -0.15) is 0 Å². The lowest BCUT2D eigenvalue weighted by Gasteiger charge is -2.19. The van der Waals surface area contributed by atoms with Gasteiger partial charge in [-0.25, -0.2) is 14.8 Å². The number of thioether (sulfide) groups is 1. The Morgan fingerprint density at radius 3 is 2.55 bits per heavy atom. The van der Waals surface area contributed by atoms with Crippen LogP contribution in [0, 0.1) is 0 Å². The molecule has 0 aliphatic heterocycles. The number of benzene rings is 1. The van der Waals surface area contributed by atoms with Crippen molar-refractivity contribution in [3.8, 4) is 0 Å². The van der Waals surface area contributed by atoms with Crippen LogP contribution < -0.4 is 0 Å². The minimum Gasteiger partial charge on any atom is -0.458 e. The number of fused-ring (bicyclic) bond motifs is 1. The van der Waals surface area contributed by atoms with Crippen molar-refractivity contribution in [3.63, 3.8) is 0 Å². The Balaban J connectivity index is 1.70. The Hall–Kier alpha value is -2.71. The maximum atomic E-state index is 12.8. The molecule has 0 unspecified atom stereocenters. The van der Waals surface area contributed by atoms with E-state index < -0.39 is 11.6 Å². The molecule has 0 bridgehead atoms. The smallest absolute Gasteiger partial charge is 0.332 e. The zero-order valence-corrected chi connectivity index (χ0v) is 17.4. The van der Waals surface area contributed by atoms with Crippen molar-refractivity contribution in [2.45, 2.75) is 38.1 Å². The maximum absolute atomic E-state index is 12.8. The highest BCUT2D eigenvalue weighted by Gasteiger charge is 2.19. The van der Waals surface area contributed by atoms with Gasteiger partial charge in [0, 0.05) is 29.8 Å². The first kappa shape index (κ1) is 21.0. The monoisotopic (exact) mass is 413 g/mol. The Labute approximate surface area is 173 Å². The number of hydrogen-bond donors (Lipinski definition) is 0. The zero-order valence-electron chi connectivity index (χ0n) is 16.6. The number of esters is 1. The number of carbonyl (C=O) groups excluding carboxylic acids is 2. The van der Waals surface area contributed by atoms with Crippen molar-refractivity contribution in [2.75, 3.05) is 13.2 Å².